The van der Waals surface area contributed by atoms with Crippen molar-refractivity contribution in [3.05, 3.63) is 162 Å². The van der Waals surface area contributed by atoms with E-state index in [1.807, 2.05) is 6.92 Å². The summed E-state index contributed by atoms with van der Waals surface area (Å²) in [6.45, 7) is 45.0. The third-order valence-electron chi connectivity index (χ3n) is 18.9. The molecule has 7 heterocycles. The summed E-state index contributed by atoms with van der Waals surface area (Å²) in [4.78, 5) is 74.7. The van der Waals surface area contributed by atoms with E-state index in [9.17, 15) is 24.3 Å². The Labute approximate surface area is 609 Å². The first-order chi connectivity index (χ1) is 45.7. The van der Waals surface area contributed by atoms with Crippen LogP contribution >= 0.6 is 0 Å². The Balaban J connectivity index is 0.000000355. The molecule has 6 aromatic heterocycles. The molecular formula is C75H108BrMgN9O11Si. The number of rotatable bonds is 22. The van der Waals surface area contributed by atoms with Gasteiger partial charge in [-0.2, -0.15) is 6.92 Å². The number of aromatic nitrogens is 6. The molecule has 23 heteroatoms. The summed E-state index contributed by atoms with van der Waals surface area (Å²) in [5, 5.41) is 28.0. The van der Waals surface area contributed by atoms with E-state index in [2.05, 4.69) is 147 Å². The smallest absolute Gasteiger partial charge is 1.00 e. The van der Waals surface area contributed by atoms with Gasteiger partial charge in [-0.3, -0.25) is 25.8 Å². The van der Waals surface area contributed by atoms with Crippen LogP contribution in [0.1, 0.15) is 243 Å². The van der Waals surface area contributed by atoms with E-state index in [4.69, 9.17) is 27.5 Å². The minimum Gasteiger partial charge on any atom is -1.00 e. The van der Waals surface area contributed by atoms with Crippen molar-refractivity contribution in [2.45, 2.75) is 209 Å². The van der Waals surface area contributed by atoms with Crippen LogP contribution in [0.15, 0.2) is 119 Å². The van der Waals surface area contributed by atoms with Crippen molar-refractivity contribution >= 4 is 72.5 Å². The molecule has 4 aliphatic rings. The molecule has 1 aliphatic heterocycles. The summed E-state index contributed by atoms with van der Waals surface area (Å²) >= 11 is 0. The first kappa shape index (κ1) is 85.9. The van der Waals surface area contributed by atoms with Gasteiger partial charge < -0.3 is 71.6 Å². The maximum Gasteiger partial charge on any atom is 2.00 e. The van der Waals surface area contributed by atoms with Gasteiger partial charge in [0.2, 0.25) is 17.3 Å². The van der Waals surface area contributed by atoms with E-state index in [1.165, 1.54) is 69.2 Å². The van der Waals surface area contributed by atoms with E-state index < -0.39 is 14.4 Å². The molecule has 532 valence electrons. The summed E-state index contributed by atoms with van der Waals surface area (Å²) in [7, 11) is -2.06. The van der Waals surface area contributed by atoms with Crippen LogP contribution in [0.5, 0.6) is 0 Å². The van der Waals surface area contributed by atoms with E-state index in [1.54, 1.807) is 45.4 Å². The minimum absolute atomic E-state index is 0. The molecule has 0 aromatic carbocycles. The second-order valence-electron chi connectivity index (χ2n) is 27.4. The summed E-state index contributed by atoms with van der Waals surface area (Å²) in [5.41, 5.74) is 4.27. The number of halogens is 1. The predicted octanol–water partition coefficient (Wildman–Crippen LogP) is 13.1. The van der Waals surface area contributed by atoms with Gasteiger partial charge in [-0.05, 0) is 155 Å². The number of aliphatic hydroxyl groups is 2. The maximum atomic E-state index is 13.4. The Morgan fingerprint density at radius 2 is 1.00 bits per heavy atom. The molecule has 98 heavy (non-hydrogen) atoms. The monoisotopic (exact) mass is 1440 g/mol. The molecule has 0 radical (unpaired) electrons. The Kier molecular flexibility index (Phi) is 36.9. The van der Waals surface area contributed by atoms with Crippen LogP contribution in [0.3, 0.4) is 0 Å². The van der Waals surface area contributed by atoms with Gasteiger partial charge in [-0.15, -0.1) is 0 Å². The average Bonchev–Trinajstić information content (AvgIpc) is 1.45. The molecule has 6 aromatic rings. The van der Waals surface area contributed by atoms with E-state index in [0.29, 0.717) is 111 Å². The molecule has 4 fully saturated rings. The number of carbonyl (C=O) groups is 4. The zero-order valence-electron chi connectivity index (χ0n) is 60.7. The van der Waals surface area contributed by atoms with Crippen LogP contribution in [0, 0.1) is 41.6 Å². The average molecular weight is 1440 g/mol. The van der Waals surface area contributed by atoms with Gasteiger partial charge in [0.05, 0.1) is 40.9 Å². The largest absolute Gasteiger partial charge is 2.00 e. The molecular weight excluding hydrogens is 1340 g/mol. The van der Waals surface area contributed by atoms with Crippen molar-refractivity contribution in [3.8, 4) is 0 Å². The number of furan rings is 3. The molecule has 3 saturated carbocycles. The van der Waals surface area contributed by atoms with Crippen molar-refractivity contribution in [1.82, 2.24) is 29.9 Å². The van der Waals surface area contributed by atoms with Crippen LogP contribution < -0.4 is 32.9 Å². The second-order valence-corrected chi connectivity index (χ2v) is 32.2. The standard InChI is InChI=1S/C27H41N3O3Si.C21H27N3O3.C18H21N3O3.C4H8O.C3H5.C2H6O.BrH.Mg/c1-10-19-12-21(11-18(19)4)30-26-22(14-28-16-29-26)24(31)23-13-20(15-32-23)25(17(2)3)33-34(8,9)27(5,6)7;1-5-14-7-16(6-13(14)4)24-21-17(9-22-11-23-21)20(26)18-8-15(10-27-18)19(25)12(2)3;1-3-13-6-14(4-11(13)2)21-18-15(7-19-10-20-18)17(23)16-5-12(8-22)9-24-16;1-2-4-5-3-1;1-3-2;1-2-3;;/h13-16,18-19,21,25H,2,10-12H2,1,3-9H3,(H,28,29,30);8-11,13-14,16,19,25H,2,5-7H2,1,3-4H3,(H,22,23,24);5,7-11,13-14H,3-4,6H2,1-2H3,(H,19,20,21);1-4H2;1H2,2H3;3H,2H2,1H3;1H;/q;;;;-1;;;+2/p-1/t18-,19-,21-,25?;13-,14-,16-,19?;11-,13-,14-;;;;;/m000...../s1. The van der Waals surface area contributed by atoms with Crippen molar-refractivity contribution in [2.75, 3.05) is 35.8 Å². The summed E-state index contributed by atoms with van der Waals surface area (Å²) < 4.78 is 27.9. The molecule has 20 nitrogen and oxygen atoms in total. The number of hydrogen-bond acceptors (Lipinski definition) is 20. The van der Waals surface area contributed by atoms with Gasteiger partial charge in [0.15, 0.2) is 31.9 Å². The third kappa shape index (κ3) is 24.8. The Hall–Kier alpha value is -6.32. The van der Waals surface area contributed by atoms with Gasteiger partial charge in [0.1, 0.15) is 48.8 Å². The third-order valence-corrected chi connectivity index (χ3v) is 23.3. The van der Waals surface area contributed by atoms with Gasteiger partial charge in [-0.25, -0.2) is 29.9 Å². The minimum atomic E-state index is -2.06. The van der Waals surface area contributed by atoms with Gasteiger partial charge >= 0.3 is 23.1 Å². The van der Waals surface area contributed by atoms with Crippen LogP contribution in [0.4, 0.5) is 17.5 Å². The van der Waals surface area contributed by atoms with Crippen LogP contribution in [0.25, 0.3) is 0 Å². The maximum absolute atomic E-state index is 13.4. The normalized spacial score (nSPS) is 21.2. The zero-order valence-corrected chi connectivity index (χ0v) is 64.7. The molecule has 3 aliphatic carbocycles. The van der Waals surface area contributed by atoms with Crippen molar-refractivity contribution in [2.24, 2.45) is 35.5 Å². The van der Waals surface area contributed by atoms with E-state index >= 15 is 0 Å². The summed E-state index contributed by atoms with van der Waals surface area (Å²) in [5.74, 6) is 5.33. The summed E-state index contributed by atoms with van der Waals surface area (Å²) in [6.07, 6.45) is 27.6. The van der Waals surface area contributed by atoms with Crippen molar-refractivity contribution in [3.63, 3.8) is 0 Å². The fraction of sp³-hybridized carbons (Fsp3) is 0.547. The Morgan fingerprint density at radius 1 is 0.653 bits per heavy atom. The molecule has 11 atom stereocenters. The fourth-order valence-electron chi connectivity index (χ4n) is 12.3. The predicted molar refractivity (Wildman–Crippen MR) is 385 cm³/mol. The number of carbonyl (C=O) groups excluding carboxylic acids is 4. The fourth-order valence-corrected chi connectivity index (χ4v) is 13.6. The molecule has 10 rings (SSSR count). The van der Waals surface area contributed by atoms with Crippen LogP contribution in [0.2, 0.25) is 18.1 Å². The van der Waals surface area contributed by atoms with Crippen LogP contribution in [-0.2, 0) is 9.16 Å². The molecule has 2 unspecified atom stereocenters. The Bertz CT molecular complexity index is 3450. The quantitative estimate of drug-likeness (QED) is 0.0139. The number of nitrogens with one attached hydrogen (secondary N) is 3. The van der Waals surface area contributed by atoms with Crippen LogP contribution in [-0.4, -0.2) is 133 Å². The first-order valence-electron chi connectivity index (χ1n) is 34.0. The van der Waals surface area contributed by atoms with Crippen molar-refractivity contribution in [1.29, 1.82) is 0 Å². The molecule has 0 amide bonds. The number of ether oxygens (including phenoxy) is 1. The number of anilines is 3. The molecule has 0 bridgehead atoms. The van der Waals surface area contributed by atoms with E-state index in [-0.39, 0.29) is 92.4 Å². The second kappa shape index (κ2) is 42.1. The zero-order chi connectivity index (χ0) is 70.9. The number of aliphatic hydroxyl groups excluding tert-OH is 2. The number of aldehydes is 1. The number of hydrogen-bond donors (Lipinski definition) is 5. The molecule has 1 saturated heterocycles. The first-order valence-corrected chi connectivity index (χ1v) is 36.9. The molecule has 5 N–H and O–H groups in total. The number of ketones is 3. The van der Waals surface area contributed by atoms with Gasteiger partial charge in [-0.1, -0.05) is 94.7 Å². The topological polar surface area (TPSA) is 280 Å². The van der Waals surface area contributed by atoms with E-state index in [0.717, 1.165) is 75.7 Å². The SMILES string of the molecule is C1CCOC1.C=C(C)C(O)c1coc(C(=O)c2cncnc2N[C@@H]2C[C@H](CC)[C@@H](C)C2)c1.C=C(C)C(O[Si](C)(C)C(C)(C)C)c1coc(C(=O)c2cncnc2N[C@@H]2C[C@H](CC)[C@@H](C)C2)c1.C=[C-]C.CCO.CC[C@H]1C[C@@H](Nc2ncncc2C(=O)c2cc(C=O)co2)C[C@@H]1C.[Br-].[Mg+2]. The van der Waals surface area contributed by atoms with Gasteiger partial charge in [0.25, 0.3) is 0 Å². The number of nitrogens with zero attached hydrogens (tertiary/aromatic N) is 6. The summed E-state index contributed by atoms with van der Waals surface area (Å²) in [6, 6.07) is 5.65. The van der Waals surface area contributed by atoms with Gasteiger partial charge in [0, 0.05) is 67.7 Å². The number of allylic oxidation sites excluding steroid dienone is 1. The Morgan fingerprint density at radius 3 is 1.30 bits per heavy atom. The molecule has 0 spiro atoms. The van der Waals surface area contributed by atoms with Crippen molar-refractivity contribution < 1.29 is 68.8 Å².